The van der Waals surface area contributed by atoms with Gasteiger partial charge in [0.1, 0.15) is 5.39 Å². The number of aromatic nitrogens is 4. The Morgan fingerprint density at radius 3 is 2.91 bits per heavy atom. The molecule has 0 amide bonds. The molecule has 4 rings (SSSR count). The number of H-pyrrole nitrogens is 1. The molecule has 2 aromatic heterocycles. The summed E-state index contributed by atoms with van der Waals surface area (Å²) < 4.78 is 1.81. The van der Waals surface area contributed by atoms with Crippen LogP contribution in [0.4, 0.5) is 5.82 Å². The van der Waals surface area contributed by atoms with Gasteiger partial charge in [-0.25, -0.2) is 9.67 Å². The van der Waals surface area contributed by atoms with Gasteiger partial charge in [0.05, 0.1) is 12.4 Å². The number of rotatable bonds is 3. The lowest BCUT2D eigenvalue weighted by Gasteiger charge is -2.25. The van der Waals surface area contributed by atoms with Crippen molar-refractivity contribution in [3.05, 3.63) is 52.6 Å². The topological polar surface area (TPSA) is 66.8 Å². The number of benzene rings is 1. The van der Waals surface area contributed by atoms with E-state index in [1.807, 2.05) is 13.0 Å². The Hall–Kier alpha value is -2.63. The Balaban J connectivity index is 1.87. The predicted molar refractivity (Wildman–Crippen MR) is 89.6 cm³/mol. The van der Waals surface area contributed by atoms with E-state index in [-0.39, 0.29) is 11.6 Å². The molecular formula is C17H19N5O. The summed E-state index contributed by atoms with van der Waals surface area (Å²) in [7, 11) is 0. The summed E-state index contributed by atoms with van der Waals surface area (Å²) in [5, 5.41) is 5.28. The number of hydrogen-bond acceptors (Lipinski definition) is 4. The average Bonchev–Trinajstić information content (AvgIpc) is 3.20. The molecular weight excluding hydrogens is 290 g/mol. The Bertz CT molecular complexity index is 883. The van der Waals surface area contributed by atoms with Crippen LogP contribution < -0.4 is 10.5 Å². The highest BCUT2D eigenvalue weighted by Crippen LogP contribution is 2.37. The van der Waals surface area contributed by atoms with Crippen molar-refractivity contribution < 1.29 is 0 Å². The van der Waals surface area contributed by atoms with E-state index < -0.39 is 0 Å². The molecule has 0 bridgehead atoms. The van der Waals surface area contributed by atoms with Gasteiger partial charge in [-0.3, -0.25) is 4.79 Å². The first kappa shape index (κ1) is 14.0. The second-order valence-corrected chi connectivity index (χ2v) is 5.83. The summed E-state index contributed by atoms with van der Waals surface area (Å²) in [4.78, 5) is 21.6. The minimum Gasteiger partial charge on any atom is -0.347 e. The minimum absolute atomic E-state index is 0.122. The van der Waals surface area contributed by atoms with Crippen LogP contribution in [-0.4, -0.2) is 26.3 Å². The lowest BCUT2D eigenvalue weighted by atomic mass is 10.0. The fraction of sp³-hybridized carbons (Fsp3) is 0.353. The first-order valence-electron chi connectivity index (χ1n) is 8.05. The van der Waals surface area contributed by atoms with Crippen LogP contribution in [0.1, 0.15) is 31.4 Å². The molecule has 6 heteroatoms. The van der Waals surface area contributed by atoms with Gasteiger partial charge in [-0.05, 0) is 25.3 Å². The second kappa shape index (κ2) is 5.53. The molecule has 1 aliphatic rings. The second-order valence-electron chi connectivity index (χ2n) is 5.83. The van der Waals surface area contributed by atoms with Crippen LogP contribution in [0.2, 0.25) is 0 Å². The molecule has 1 aromatic carbocycles. The van der Waals surface area contributed by atoms with Gasteiger partial charge in [0.25, 0.3) is 5.56 Å². The summed E-state index contributed by atoms with van der Waals surface area (Å²) in [5.41, 5.74) is 1.80. The number of nitrogens with zero attached hydrogens (tertiary/aromatic N) is 4. The lowest BCUT2D eigenvalue weighted by molar-refractivity contribution is 0.654. The maximum atomic E-state index is 12.4. The Kier molecular flexibility index (Phi) is 3.37. The van der Waals surface area contributed by atoms with Crippen LogP contribution in [0, 0.1) is 0 Å². The van der Waals surface area contributed by atoms with Crippen LogP contribution >= 0.6 is 0 Å². The monoisotopic (exact) mass is 309 g/mol. The van der Waals surface area contributed by atoms with Crippen molar-refractivity contribution >= 4 is 16.9 Å². The van der Waals surface area contributed by atoms with Crippen molar-refractivity contribution in [1.29, 1.82) is 0 Å². The van der Waals surface area contributed by atoms with Crippen molar-refractivity contribution in [1.82, 2.24) is 19.7 Å². The molecule has 3 heterocycles. The normalized spacial score (nSPS) is 18.0. The SMILES string of the molecule is CCn1nc(N2CCCC2c2ccccc2)c2c(=O)[nH]cnc21. The van der Waals surface area contributed by atoms with E-state index in [1.54, 1.807) is 4.68 Å². The molecule has 6 nitrogen and oxygen atoms in total. The van der Waals surface area contributed by atoms with Gasteiger partial charge in [-0.15, -0.1) is 0 Å². The first-order chi connectivity index (χ1) is 11.3. The van der Waals surface area contributed by atoms with Gasteiger partial charge in [0.15, 0.2) is 11.5 Å². The first-order valence-corrected chi connectivity index (χ1v) is 8.05. The summed E-state index contributed by atoms with van der Waals surface area (Å²) in [6, 6.07) is 10.7. The van der Waals surface area contributed by atoms with Crippen LogP contribution in [0.5, 0.6) is 0 Å². The number of aromatic amines is 1. The summed E-state index contributed by atoms with van der Waals surface area (Å²) in [6.07, 6.45) is 3.61. The molecule has 1 aliphatic heterocycles. The molecule has 23 heavy (non-hydrogen) atoms. The number of nitrogens with one attached hydrogen (secondary N) is 1. The maximum Gasteiger partial charge on any atom is 0.264 e. The maximum absolute atomic E-state index is 12.4. The molecule has 0 saturated carbocycles. The van der Waals surface area contributed by atoms with E-state index in [2.05, 4.69) is 44.2 Å². The van der Waals surface area contributed by atoms with E-state index in [0.717, 1.165) is 25.2 Å². The molecule has 0 radical (unpaired) electrons. The van der Waals surface area contributed by atoms with Gasteiger partial charge in [-0.2, -0.15) is 5.10 Å². The van der Waals surface area contributed by atoms with Crippen molar-refractivity contribution in [3.63, 3.8) is 0 Å². The number of aryl methyl sites for hydroxylation is 1. The van der Waals surface area contributed by atoms with Gasteiger partial charge in [0, 0.05) is 13.1 Å². The number of fused-ring (bicyclic) bond motifs is 1. The summed E-state index contributed by atoms with van der Waals surface area (Å²) >= 11 is 0. The molecule has 1 N–H and O–H groups in total. The average molecular weight is 309 g/mol. The molecule has 3 aromatic rings. The third-order valence-electron chi connectivity index (χ3n) is 4.53. The number of anilines is 1. The molecule has 0 aliphatic carbocycles. The molecule has 1 atom stereocenters. The fourth-order valence-corrected chi connectivity index (χ4v) is 3.46. The Morgan fingerprint density at radius 2 is 2.13 bits per heavy atom. The predicted octanol–water partition coefficient (Wildman–Crippen LogP) is 2.48. The third kappa shape index (κ3) is 2.21. The highest BCUT2D eigenvalue weighted by molar-refractivity contribution is 5.87. The summed E-state index contributed by atoms with van der Waals surface area (Å²) in [6.45, 7) is 3.61. The van der Waals surface area contributed by atoms with Crippen molar-refractivity contribution in [3.8, 4) is 0 Å². The van der Waals surface area contributed by atoms with Crippen LogP contribution in [0.3, 0.4) is 0 Å². The highest BCUT2D eigenvalue weighted by atomic mass is 16.1. The van der Waals surface area contributed by atoms with Crippen LogP contribution in [-0.2, 0) is 6.54 Å². The Labute approximate surface area is 133 Å². The van der Waals surface area contributed by atoms with Gasteiger partial charge >= 0.3 is 0 Å². The smallest absolute Gasteiger partial charge is 0.264 e. The zero-order valence-electron chi connectivity index (χ0n) is 13.1. The largest absolute Gasteiger partial charge is 0.347 e. The quantitative estimate of drug-likeness (QED) is 0.807. The van der Waals surface area contributed by atoms with Crippen molar-refractivity contribution in [2.75, 3.05) is 11.4 Å². The van der Waals surface area contributed by atoms with Crippen molar-refractivity contribution in [2.45, 2.75) is 32.4 Å². The van der Waals surface area contributed by atoms with E-state index in [1.165, 1.54) is 11.9 Å². The van der Waals surface area contributed by atoms with Gasteiger partial charge in [-0.1, -0.05) is 30.3 Å². The van der Waals surface area contributed by atoms with E-state index in [0.29, 0.717) is 17.6 Å². The van der Waals surface area contributed by atoms with Gasteiger partial charge in [0.2, 0.25) is 0 Å². The zero-order valence-corrected chi connectivity index (χ0v) is 13.1. The zero-order chi connectivity index (χ0) is 15.8. The van der Waals surface area contributed by atoms with E-state index in [9.17, 15) is 4.79 Å². The summed E-state index contributed by atoms with van der Waals surface area (Å²) in [5.74, 6) is 0.752. The molecule has 1 saturated heterocycles. The fourth-order valence-electron chi connectivity index (χ4n) is 3.46. The Morgan fingerprint density at radius 1 is 1.30 bits per heavy atom. The van der Waals surface area contributed by atoms with E-state index >= 15 is 0 Å². The standard InChI is InChI=1S/C17H19N5O/c1-2-22-15-14(17(23)19-11-18-15)16(20-22)21-10-6-9-13(21)12-7-4-3-5-8-12/h3-5,7-8,11,13H,2,6,9-10H2,1H3,(H,18,19,23). The molecule has 1 unspecified atom stereocenters. The number of hydrogen-bond donors (Lipinski definition) is 1. The lowest BCUT2D eigenvalue weighted by Crippen LogP contribution is -2.24. The molecule has 0 spiro atoms. The van der Waals surface area contributed by atoms with Crippen molar-refractivity contribution in [2.24, 2.45) is 0 Å². The van der Waals surface area contributed by atoms with E-state index in [4.69, 9.17) is 0 Å². The highest BCUT2D eigenvalue weighted by Gasteiger charge is 2.30. The van der Waals surface area contributed by atoms with Crippen LogP contribution in [0.15, 0.2) is 41.5 Å². The third-order valence-corrected chi connectivity index (χ3v) is 4.53. The molecule has 1 fully saturated rings. The van der Waals surface area contributed by atoms with Gasteiger partial charge < -0.3 is 9.88 Å². The van der Waals surface area contributed by atoms with Crippen LogP contribution in [0.25, 0.3) is 11.0 Å². The molecule has 118 valence electrons. The minimum atomic E-state index is -0.122.